The first-order valence-corrected chi connectivity index (χ1v) is 6.60. The number of aryl methyl sites for hydroxylation is 1. The second-order valence-electron chi connectivity index (χ2n) is 4.17. The molecule has 18 heavy (non-hydrogen) atoms. The number of thiophene rings is 1. The van der Waals surface area contributed by atoms with Crippen LogP contribution in [0.3, 0.4) is 0 Å². The lowest BCUT2D eigenvalue weighted by atomic mass is 10.2. The van der Waals surface area contributed by atoms with E-state index in [-0.39, 0.29) is 11.8 Å². The number of nitrogen functional groups attached to an aromatic ring is 1. The highest BCUT2D eigenvalue weighted by Crippen LogP contribution is 2.23. The third-order valence-electron chi connectivity index (χ3n) is 2.75. The van der Waals surface area contributed by atoms with Gasteiger partial charge in [-0.3, -0.25) is 9.59 Å². The van der Waals surface area contributed by atoms with Crippen LogP contribution < -0.4 is 11.1 Å². The molecule has 1 aromatic heterocycles. The van der Waals surface area contributed by atoms with E-state index in [4.69, 9.17) is 5.73 Å². The number of nitrogens with zero attached hydrogens (tertiary/aromatic N) is 1. The van der Waals surface area contributed by atoms with Crippen LogP contribution in [0.5, 0.6) is 0 Å². The van der Waals surface area contributed by atoms with Gasteiger partial charge in [-0.05, 0) is 26.8 Å². The van der Waals surface area contributed by atoms with Crippen LogP contribution >= 0.6 is 11.3 Å². The number of hydrogen-bond donors (Lipinski definition) is 2. The first kappa shape index (κ1) is 14.5. The summed E-state index contributed by atoms with van der Waals surface area (Å²) in [5.74, 6) is -0.364. The lowest BCUT2D eigenvalue weighted by Crippen LogP contribution is -2.45. The predicted molar refractivity (Wildman–Crippen MR) is 73.7 cm³/mol. The zero-order valence-corrected chi connectivity index (χ0v) is 11.9. The molecule has 0 aliphatic rings. The van der Waals surface area contributed by atoms with Gasteiger partial charge in [0.25, 0.3) is 5.91 Å². The van der Waals surface area contributed by atoms with Crippen LogP contribution in [0, 0.1) is 6.92 Å². The quantitative estimate of drug-likeness (QED) is 0.863. The highest BCUT2D eigenvalue weighted by atomic mass is 32.1. The molecular weight excluding hydrogens is 250 g/mol. The SMILES string of the molecule is CCN(C)C(=O)C(C)NC(=O)c1cc(N)c(C)s1. The van der Waals surface area contributed by atoms with E-state index in [9.17, 15) is 9.59 Å². The number of likely N-dealkylation sites (N-methyl/N-ethyl adjacent to an activating group) is 1. The molecule has 0 saturated carbocycles. The van der Waals surface area contributed by atoms with E-state index in [2.05, 4.69) is 5.32 Å². The van der Waals surface area contributed by atoms with E-state index < -0.39 is 6.04 Å². The number of anilines is 1. The molecule has 0 aromatic carbocycles. The number of carbonyl (C=O) groups is 2. The summed E-state index contributed by atoms with van der Waals surface area (Å²) in [5, 5.41) is 2.68. The lowest BCUT2D eigenvalue weighted by Gasteiger charge is -2.20. The van der Waals surface area contributed by atoms with Gasteiger partial charge in [-0.2, -0.15) is 0 Å². The average Bonchev–Trinajstić information content (AvgIpc) is 2.67. The molecule has 0 spiro atoms. The zero-order chi connectivity index (χ0) is 13.9. The van der Waals surface area contributed by atoms with Gasteiger partial charge in [0.15, 0.2) is 0 Å². The van der Waals surface area contributed by atoms with Crippen molar-refractivity contribution in [1.82, 2.24) is 10.2 Å². The first-order chi connectivity index (χ1) is 8.36. The van der Waals surface area contributed by atoms with Crippen LogP contribution in [0.1, 0.15) is 28.4 Å². The molecule has 1 unspecified atom stereocenters. The summed E-state index contributed by atoms with van der Waals surface area (Å²) in [6.07, 6.45) is 0. The van der Waals surface area contributed by atoms with Crippen LogP contribution in [0.2, 0.25) is 0 Å². The van der Waals surface area contributed by atoms with Crippen LogP contribution in [-0.2, 0) is 4.79 Å². The normalized spacial score (nSPS) is 12.0. The molecule has 6 heteroatoms. The van der Waals surface area contributed by atoms with Crippen LogP contribution in [0.15, 0.2) is 6.07 Å². The average molecular weight is 269 g/mol. The monoisotopic (exact) mass is 269 g/mol. The molecule has 3 N–H and O–H groups in total. The van der Waals surface area contributed by atoms with Crippen molar-refractivity contribution in [2.75, 3.05) is 19.3 Å². The Labute approximate surface area is 111 Å². The van der Waals surface area contributed by atoms with Gasteiger partial charge in [0.05, 0.1) is 4.88 Å². The smallest absolute Gasteiger partial charge is 0.262 e. The van der Waals surface area contributed by atoms with E-state index in [0.717, 1.165) is 4.88 Å². The van der Waals surface area contributed by atoms with Gasteiger partial charge in [-0.25, -0.2) is 0 Å². The van der Waals surface area contributed by atoms with Crippen molar-refractivity contribution < 1.29 is 9.59 Å². The van der Waals surface area contributed by atoms with Gasteiger partial charge in [0.1, 0.15) is 6.04 Å². The highest BCUT2D eigenvalue weighted by Gasteiger charge is 2.20. The largest absolute Gasteiger partial charge is 0.398 e. The van der Waals surface area contributed by atoms with Crippen molar-refractivity contribution in [1.29, 1.82) is 0 Å². The predicted octanol–water partition coefficient (Wildman–Crippen LogP) is 1.24. The summed E-state index contributed by atoms with van der Waals surface area (Å²) >= 11 is 1.33. The summed E-state index contributed by atoms with van der Waals surface area (Å²) in [7, 11) is 1.71. The van der Waals surface area contributed by atoms with E-state index >= 15 is 0 Å². The zero-order valence-electron chi connectivity index (χ0n) is 11.1. The minimum atomic E-state index is -0.536. The maximum atomic E-state index is 11.9. The molecule has 1 atom stereocenters. The van der Waals surface area contributed by atoms with Gasteiger partial charge >= 0.3 is 0 Å². The minimum absolute atomic E-state index is 0.105. The third-order valence-corrected chi connectivity index (χ3v) is 3.81. The van der Waals surface area contributed by atoms with Crippen molar-refractivity contribution in [3.63, 3.8) is 0 Å². The summed E-state index contributed by atoms with van der Waals surface area (Å²) < 4.78 is 0. The minimum Gasteiger partial charge on any atom is -0.398 e. The van der Waals surface area contributed by atoms with E-state index in [1.807, 2.05) is 13.8 Å². The number of rotatable bonds is 4. The molecule has 0 fully saturated rings. The molecule has 0 radical (unpaired) electrons. The molecule has 0 saturated heterocycles. The van der Waals surface area contributed by atoms with E-state index in [1.165, 1.54) is 11.3 Å². The Kier molecular flexibility index (Phi) is 4.72. The number of carbonyl (C=O) groups excluding carboxylic acids is 2. The molecule has 1 aromatic rings. The van der Waals surface area contributed by atoms with Crippen molar-refractivity contribution in [2.24, 2.45) is 0 Å². The van der Waals surface area contributed by atoms with Gasteiger partial charge in [-0.1, -0.05) is 0 Å². The molecule has 2 amide bonds. The lowest BCUT2D eigenvalue weighted by molar-refractivity contribution is -0.131. The van der Waals surface area contributed by atoms with Crippen LogP contribution in [-0.4, -0.2) is 36.3 Å². The summed E-state index contributed by atoms with van der Waals surface area (Å²) in [4.78, 5) is 26.7. The summed E-state index contributed by atoms with van der Waals surface area (Å²) in [6.45, 7) is 6.03. The second-order valence-corrected chi connectivity index (χ2v) is 5.43. The highest BCUT2D eigenvalue weighted by molar-refractivity contribution is 7.14. The fourth-order valence-electron chi connectivity index (χ4n) is 1.42. The second kappa shape index (κ2) is 5.86. The summed E-state index contributed by atoms with van der Waals surface area (Å²) in [5.41, 5.74) is 6.30. The van der Waals surface area contributed by atoms with Gasteiger partial charge in [0.2, 0.25) is 5.91 Å². The number of nitrogens with two attached hydrogens (primary N) is 1. The number of hydrogen-bond acceptors (Lipinski definition) is 4. The Morgan fingerprint density at radius 2 is 2.17 bits per heavy atom. The molecule has 1 heterocycles. The number of nitrogens with one attached hydrogen (secondary N) is 1. The van der Waals surface area contributed by atoms with Crippen LogP contribution in [0.4, 0.5) is 5.69 Å². The molecule has 1 rings (SSSR count). The Balaban J connectivity index is 2.67. The van der Waals surface area contributed by atoms with E-state index in [0.29, 0.717) is 17.1 Å². The Morgan fingerprint density at radius 1 is 1.56 bits per heavy atom. The Bertz CT molecular complexity index is 437. The van der Waals surface area contributed by atoms with Gasteiger partial charge in [0, 0.05) is 24.2 Å². The standard InChI is InChI=1S/C12H19N3O2S/c1-5-15(4)12(17)7(2)14-11(16)10-6-9(13)8(3)18-10/h6-7H,5,13H2,1-4H3,(H,14,16). The summed E-state index contributed by atoms with van der Waals surface area (Å²) in [6, 6.07) is 1.10. The fourth-order valence-corrected chi connectivity index (χ4v) is 2.27. The maximum Gasteiger partial charge on any atom is 0.262 e. The third kappa shape index (κ3) is 3.22. The Hall–Kier alpha value is -1.56. The van der Waals surface area contributed by atoms with E-state index in [1.54, 1.807) is 24.9 Å². The molecule has 0 aliphatic carbocycles. The maximum absolute atomic E-state index is 11.9. The van der Waals surface area contributed by atoms with Gasteiger partial charge < -0.3 is 16.0 Å². The molecule has 0 bridgehead atoms. The Morgan fingerprint density at radius 3 is 2.61 bits per heavy atom. The topological polar surface area (TPSA) is 75.4 Å². The van der Waals surface area contributed by atoms with Crippen molar-refractivity contribution in [3.05, 3.63) is 15.8 Å². The van der Waals surface area contributed by atoms with Crippen molar-refractivity contribution >= 4 is 28.8 Å². The molecule has 5 nitrogen and oxygen atoms in total. The van der Waals surface area contributed by atoms with Crippen molar-refractivity contribution in [3.8, 4) is 0 Å². The van der Waals surface area contributed by atoms with Gasteiger partial charge in [-0.15, -0.1) is 11.3 Å². The number of amides is 2. The van der Waals surface area contributed by atoms with Crippen molar-refractivity contribution in [2.45, 2.75) is 26.8 Å². The van der Waals surface area contributed by atoms with Crippen LogP contribution in [0.25, 0.3) is 0 Å². The first-order valence-electron chi connectivity index (χ1n) is 5.78. The molecule has 100 valence electrons. The molecular formula is C12H19N3O2S. The fraction of sp³-hybridized carbons (Fsp3) is 0.500. The molecule has 0 aliphatic heterocycles.